The average Bonchev–Trinajstić information content (AvgIpc) is 2.81. The van der Waals surface area contributed by atoms with E-state index < -0.39 is 9.85 Å². The molecule has 0 fully saturated rings. The lowest BCUT2D eigenvalue weighted by Gasteiger charge is -2.05. The smallest absolute Gasteiger partial charge is 0.271 e. The molecule has 2 rings (SSSR count). The van der Waals surface area contributed by atoms with Crippen LogP contribution in [-0.2, 0) is 0 Å². The molecule has 8 nitrogen and oxygen atoms in total. The summed E-state index contributed by atoms with van der Waals surface area (Å²) in [5.74, 6) is 0.250. The number of anilines is 1. The number of hydrazone groups is 1. The summed E-state index contributed by atoms with van der Waals surface area (Å²) >= 11 is 0. The zero-order chi connectivity index (χ0) is 14.7. The molecule has 1 aromatic carbocycles. The summed E-state index contributed by atoms with van der Waals surface area (Å²) in [6.45, 7) is 1.99. The minimum absolute atomic E-state index is 0.126. The number of allylic oxidation sites excluding steroid dienone is 2. The van der Waals surface area contributed by atoms with Crippen molar-refractivity contribution in [2.75, 3.05) is 5.43 Å². The number of nitrogens with zero attached hydrogens (tertiary/aromatic N) is 3. The van der Waals surface area contributed by atoms with Crippen LogP contribution in [0.5, 0.6) is 0 Å². The van der Waals surface area contributed by atoms with Gasteiger partial charge < -0.3 is 0 Å². The van der Waals surface area contributed by atoms with E-state index in [9.17, 15) is 20.2 Å². The van der Waals surface area contributed by atoms with Crippen LogP contribution in [0.15, 0.2) is 35.5 Å². The van der Waals surface area contributed by atoms with Gasteiger partial charge in [0.05, 0.1) is 21.6 Å². The van der Waals surface area contributed by atoms with E-state index in [0.29, 0.717) is 0 Å². The maximum atomic E-state index is 10.9. The molecule has 1 aliphatic rings. The van der Waals surface area contributed by atoms with Crippen LogP contribution in [0.2, 0.25) is 0 Å². The van der Waals surface area contributed by atoms with Gasteiger partial charge in [-0.25, -0.2) is 0 Å². The number of benzene rings is 1. The van der Waals surface area contributed by atoms with Gasteiger partial charge in [0, 0.05) is 12.0 Å². The van der Waals surface area contributed by atoms with Crippen molar-refractivity contribution in [1.29, 1.82) is 0 Å². The quantitative estimate of drug-likeness (QED) is 0.671. The van der Waals surface area contributed by atoms with Crippen LogP contribution >= 0.6 is 0 Å². The van der Waals surface area contributed by atoms with Crippen molar-refractivity contribution in [3.8, 4) is 0 Å². The molecule has 104 valence electrons. The monoisotopic (exact) mass is 276 g/mol. The van der Waals surface area contributed by atoms with E-state index >= 15 is 0 Å². The largest absolute Gasteiger partial charge is 0.301 e. The normalized spacial score (nSPS) is 19.2. The highest BCUT2D eigenvalue weighted by molar-refractivity contribution is 5.99. The molecule has 0 aliphatic heterocycles. The Hall–Kier alpha value is -2.77. The first-order chi connectivity index (χ1) is 9.49. The van der Waals surface area contributed by atoms with Crippen molar-refractivity contribution < 1.29 is 9.85 Å². The number of non-ortho nitro benzene ring substituents is 1. The van der Waals surface area contributed by atoms with Crippen molar-refractivity contribution in [3.05, 3.63) is 50.6 Å². The summed E-state index contributed by atoms with van der Waals surface area (Å²) in [6, 6.07) is 3.39. The highest BCUT2D eigenvalue weighted by Crippen LogP contribution is 2.29. The number of nitro benzene ring substituents is 2. The molecule has 0 amide bonds. The SMILES string of the molecule is C[C@H]1CC=C/C1=N\Nc1ccc([N+](=O)[O-])cc1[N+](=O)[O-]. The van der Waals surface area contributed by atoms with Gasteiger partial charge in [-0.2, -0.15) is 5.10 Å². The Labute approximate surface area is 114 Å². The van der Waals surface area contributed by atoms with Gasteiger partial charge in [0.2, 0.25) is 0 Å². The van der Waals surface area contributed by atoms with E-state index in [1.807, 2.05) is 19.1 Å². The Morgan fingerprint density at radius 2 is 2.05 bits per heavy atom. The second-order valence-corrected chi connectivity index (χ2v) is 4.40. The van der Waals surface area contributed by atoms with Crippen LogP contribution in [0.4, 0.5) is 17.1 Å². The van der Waals surface area contributed by atoms with E-state index in [4.69, 9.17) is 0 Å². The van der Waals surface area contributed by atoms with Gasteiger partial charge in [-0.05, 0) is 18.6 Å². The van der Waals surface area contributed by atoms with E-state index in [1.165, 1.54) is 12.1 Å². The molecule has 0 saturated carbocycles. The van der Waals surface area contributed by atoms with Crippen molar-refractivity contribution >= 4 is 22.8 Å². The Kier molecular flexibility index (Phi) is 3.74. The fourth-order valence-electron chi connectivity index (χ4n) is 1.83. The Bertz CT molecular complexity index is 624. The van der Waals surface area contributed by atoms with Gasteiger partial charge in [0.15, 0.2) is 0 Å². The molecule has 0 unspecified atom stereocenters. The minimum Gasteiger partial charge on any atom is -0.271 e. The predicted octanol–water partition coefficient (Wildman–Crippen LogP) is 2.87. The third kappa shape index (κ3) is 2.79. The zero-order valence-electron chi connectivity index (χ0n) is 10.6. The van der Waals surface area contributed by atoms with Crippen molar-refractivity contribution in [2.45, 2.75) is 13.3 Å². The van der Waals surface area contributed by atoms with Crippen molar-refractivity contribution in [2.24, 2.45) is 11.0 Å². The lowest BCUT2D eigenvalue weighted by atomic mass is 10.1. The molecule has 20 heavy (non-hydrogen) atoms. The second-order valence-electron chi connectivity index (χ2n) is 4.40. The minimum atomic E-state index is -0.677. The predicted molar refractivity (Wildman–Crippen MR) is 73.7 cm³/mol. The number of rotatable bonds is 4. The summed E-state index contributed by atoms with van der Waals surface area (Å²) in [4.78, 5) is 20.2. The highest BCUT2D eigenvalue weighted by Gasteiger charge is 2.20. The number of hydrogen-bond donors (Lipinski definition) is 1. The standard InChI is InChI=1S/C12H12N4O4/c1-8-3-2-4-10(8)13-14-11-6-5-9(15(17)18)7-12(11)16(19)20/h2,4-8,14H,3H2,1H3/b13-10+/t8-/m0/s1. The molecule has 0 bridgehead atoms. The van der Waals surface area contributed by atoms with Gasteiger partial charge in [-0.3, -0.25) is 25.7 Å². The molecule has 0 heterocycles. The molecular formula is C12H12N4O4. The average molecular weight is 276 g/mol. The van der Waals surface area contributed by atoms with Gasteiger partial charge in [0.1, 0.15) is 5.69 Å². The lowest BCUT2D eigenvalue weighted by Crippen LogP contribution is -2.06. The second kappa shape index (κ2) is 5.47. The molecule has 1 aliphatic carbocycles. The zero-order valence-corrected chi connectivity index (χ0v) is 10.6. The van der Waals surface area contributed by atoms with Gasteiger partial charge >= 0.3 is 5.69 Å². The molecule has 0 aromatic heterocycles. The topological polar surface area (TPSA) is 111 Å². The fraction of sp³-hybridized carbons (Fsp3) is 0.250. The molecule has 0 radical (unpaired) electrons. The first kappa shape index (κ1) is 13.7. The molecule has 1 N–H and O–H groups in total. The maximum Gasteiger partial charge on any atom is 0.301 e. The van der Waals surface area contributed by atoms with Crippen LogP contribution in [0.25, 0.3) is 0 Å². The molecule has 8 heteroatoms. The van der Waals surface area contributed by atoms with Crippen LogP contribution in [-0.4, -0.2) is 15.6 Å². The van der Waals surface area contributed by atoms with E-state index in [1.54, 1.807) is 0 Å². The van der Waals surface area contributed by atoms with Crippen LogP contribution in [0.3, 0.4) is 0 Å². The first-order valence-electron chi connectivity index (χ1n) is 5.92. The third-order valence-corrected chi connectivity index (χ3v) is 2.98. The lowest BCUT2D eigenvalue weighted by molar-refractivity contribution is -0.393. The summed E-state index contributed by atoms with van der Waals surface area (Å²) in [5.41, 5.74) is 2.81. The van der Waals surface area contributed by atoms with Gasteiger partial charge in [-0.1, -0.05) is 13.0 Å². The van der Waals surface area contributed by atoms with Crippen molar-refractivity contribution in [1.82, 2.24) is 0 Å². The van der Waals surface area contributed by atoms with Gasteiger partial charge in [-0.15, -0.1) is 0 Å². The van der Waals surface area contributed by atoms with Crippen molar-refractivity contribution in [3.63, 3.8) is 0 Å². The number of nitro groups is 2. The molecule has 0 saturated heterocycles. The third-order valence-electron chi connectivity index (χ3n) is 2.98. The summed E-state index contributed by atoms with van der Waals surface area (Å²) in [5, 5.41) is 25.7. The first-order valence-corrected chi connectivity index (χ1v) is 5.92. The van der Waals surface area contributed by atoms with Crippen LogP contribution in [0, 0.1) is 26.1 Å². The van der Waals surface area contributed by atoms with Gasteiger partial charge in [0.25, 0.3) is 5.69 Å². The molecule has 1 aromatic rings. The van der Waals surface area contributed by atoms with E-state index in [0.717, 1.165) is 18.2 Å². The summed E-state index contributed by atoms with van der Waals surface area (Å²) < 4.78 is 0. The molecule has 0 spiro atoms. The van der Waals surface area contributed by atoms with Crippen LogP contribution < -0.4 is 5.43 Å². The summed E-state index contributed by atoms with van der Waals surface area (Å²) in [7, 11) is 0. The molecule has 1 atom stereocenters. The summed E-state index contributed by atoms with van der Waals surface area (Å²) in [6.07, 6.45) is 4.69. The van der Waals surface area contributed by atoms with Crippen LogP contribution in [0.1, 0.15) is 13.3 Å². The highest BCUT2D eigenvalue weighted by atomic mass is 16.6. The van der Waals surface area contributed by atoms with E-state index in [2.05, 4.69) is 10.5 Å². The number of hydrogen-bond acceptors (Lipinski definition) is 6. The fourth-order valence-corrected chi connectivity index (χ4v) is 1.83. The Morgan fingerprint density at radius 3 is 2.60 bits per heavy atom. The molecular weight excluding hydrogens is 264 g/mol. The van der Waals surface area contributed by atoms with E-state index in [-0.39, 0.29) is 23.0 Å². The number of nitrogens with one attached hydrogen (secondary N) is 1. The maximum absolute atomic E-state index is 10.9. The Morgan fingerprint density at radius 1 is 1.30 bits per heavy atom. The Balaban J connectivity index is 2.29.